The quantitative estimate of drug-likeness (QED) is 0.801. The number of aryl methyl sites for hydroxylation is 1. The van der Waals surface area contributed by atoms with Crippen LogP contribution in [0.15, 0.2) is 28.7 Å². The van der Waals surface area contributed by atoms with E-state index < -0.39 is 0 Å². The highest BCUT2D eigenvalue weighted by Gasteiger charge is 1.94. The van der Waals surface area contributed by atoms with Gasteiger partial charge in [0.2, 0.25) is 0 Å². The van der Waals surface area contributed by atoms with Gasteiger partial charge in [-0.25, -0.2) is 0 Å². The molecule has 0 fully saturated rings. The summed E-state index contributed by atoms with van der Waals surface area (Å²) in [5.74, 6) is 0. The van der Waals surface area contributed by atoms with Crippen molar-refractivity contribution in [2.45, 2.75) is 20.3 Å². The first kappa shape index (κ1) is 12.5. The Balaban J connectivity index is 2.49. The van der Waals surface area contributed by atoms with Crippen molar-refractivity contribution in [1.82, 2.24) is 5.32 Å². The van der Waals surface area contributed by atoms with Crippen LogP contribution in [-0.4, -0.2) is 13.1 Å². The second-order valence-corrected chi connectivity index (χ2v) is 4.49. The number of hydrogen-bond acceptors (Lipinski definition) is 1. The minimum absolute atomic E-state index is 0.939. The summed E-state index contributed by atoms with van der Waals surface area (Å²) in [6.07, 6.45) is 5.49. The van der Waals surface area contributed by atoms with Gasteiger partial charge in [-0.05, 0) is 37.1 Å². The molecule has 0 heterocycles. The summed E-state index contributed by atoms with van der Waals surface area (Å²) in [5.41, 5.74) is 2.52. The van der Waals surface area contributed by atoms with E-state index in [0.29, 0.717) is 0 Å². The van der Waals surface area contributed by atoms with E-state index in [1.54, 1.807) is 0 Å². The number of hydrogen-bond donors (Lipinski definition) is 1. The van der Waals surface area contributed by atoms with Gasteiger partial charge >= 0.3 is 0 Å². The van der Waals surface area contributed by atoms with Crippen molar-refractivity contribution in [3.05, 3.63) is 39.9 Å². The molecule has 1 aromatic rings. The first-order valence-electron chi connectivity index (χ1n) is 5.37. The highest BCUT2D eigenvalue weighted by atomic mass is 79.9. The monoisotopic (exact) mass is 267 g/mol. The molecule has 0 aliphatic heterocycles. The van der Waals surface area contributed by atoms with Crippen LogP contribution in [0.5, 0.6) is 0 Å². The Morgan fingerprint density at radius 2 is 2.20 bits per heavy atom. The number of rotatable bonds is 5. The van der Waals surface area contributed by atoms with Crippen LogP contribution in [0, 0.1) is 6.92 Å². The SMILES string of the molecule is CCCNC/C=C/c1ccc(C)cc1Br. The lowest BCUT2D eigenvalue weighted by atomic mass is 10.1. The molecule has 0 unspecified atom stereocenters. The lowest BCUT2D eigenvalue weighted by molar-refractivity contribution is 0.730. The van der Waals surface area contributed by atoms with Gasteiger partial charge in [0.25, 0.3) is 0 Å². The Morgan fingerprint density at radius 3 is 2.87 bits per heavy atom. The van der Waals surface area contributed by atoms with Crippen LogP contribution >= 0.6 is 15.9 Å². The van der Waals surface area contributed by atoms with Gasteiger partial charge in [-0.2, -0.15) is 0 Å². The molecule has 0 aliphatic carbocycles. The van der Waals surface area contributed by atoms with E-state index in [2.05, 4.69) is 65.4 Å². The summed E-state index contributed by atoms with van der Waals surface area (Å²) in [5, 5.41) is 3.33. The van der Waals surface area contributed by atoms with E-state index in [1.807, 2.05) is 0 Å². The van der Waals surface area contributed by atoms with Crippen molar-refractivity contribution in [3.63, 3.8) is 0 Å². The number of nitrogens with one attached hydrogen (secondary N) is 1. The van der Waals surface area contributed by atoms with Crippen molar-refractivity contribution in [2.24, 2.45) is 0 Å². The van der Waals surface area contributed by atoms with Crippen molar-refractivity contribution in [3.8, 4) is 0 Å². The molecule has 1 nitrogen and oxygen atoms in total. The molecular weight excluding hydrogens is 250 g/mol. The molecule has 0 aromatic heterocycles. The fourth-order valence-corrected chi connectivity index (χ4v) is 1.94. The molecule has 0 bridgehead atoms. The van der Waals surface area contributed by atoms with E-state index in [4.69, 9.17) is 0 Å². The van der Waals surface area contributed by atoms with Crippen LogP contribution in [0.25, 0.3) is 6.08 Å². The van der Waals surface area contributed by atoms with E-state index in [-0.39, 0.29) is 0 Å². The van der Waals surface area contributed by atoms with Gasteiger partial charge in [0.15, 0.2) is 0 Å². The maximum atomic E-state index is 3.56. The van der Waals surface area contributed by atoms with E-state index in [0.717, 1.165) is 17.6 Å². The zero-order valence-electron chi connectivity index (χ0n) is 9.39. The summed E-state index contributed by atoms with van der Waals surface area (Å²) >= 11 is 3.56. The molecule has 15 heavy (non-hydrogen) atoms. The molecule has 0 atom stereocenters. The highest BCUT2D eigenvalue weighted by Crippen LogP contribution is 2.19. The lowest BCUT2D eigenvalue weighted by Gasteiger charge is -2.00. The maximum Gasteiger partial charge on any atom is 0.0250 e. The van der Waals surface area contributed by atoms with Crippen LogP contribution in [0.3, 0.4) is 0 Å². The van der Waals surface area contributed by atoms with Crippen LogP contribution in [0.1, 0.15) is 24.5 Å². The summed E-state index contributed by atoms with van der Waals surface area (Å²) in [4.78, 5) is 0. The summed E-state index contributed by atoms with van der Waals surface area (Å²) in [7, 11) is 0. The fourth-order valence-electron chi connectivity index (χ4n) is 1.32. The zero-order chi connectivity index (χ0) is 11.1. The van der Waals surface area contributed by atoms with Gasteiger partial charge in [0.1, 0.15) is 0 Å². The smallest absolute Gasteiger partial charge is 0.0250 e. The lowest BCUT2D eigenvalue weighted by Crippen LogP contribution is -2.13. The van der Waals surface area contributed by atoms with E-state index >= 15 is 0 Å². The molecular formula is C13H18BrN. The van der Waals surface area contributed by atoms with Crippen molar-refractivity contribution in [2.75, 3.05) is 13.1 Å². The maximum absolute atomic E-state index is 3.56. The molecule has 82 valence electrons. The molecule has 0 saturated heterocycles. The third-order valence-corrected chi connectivity index (χ3v) is 2.83. The third-order valence-electron chi connectivity index (χ3n) is 2.14. The normalized spacial score (nSPS) is 11.1. The largest absolute Gasteiger partial charge is 0.313 e. The van der Waals surface area contributed by atoms with Gasteiger partial charge in [-0.15, -0.1) is 0 Å². The van der Waals surface area contributed by atoms with Gasteiger partial charge in [-0.1, -0.05) is 47.1 Å². The van der Waals surface area contributed by atoms with Crippen LogP contribution in [0.2, 0.25) is 0 Å². The molecule has 0 spiro atoms. The molecule has 1 N–H and O–H groups in total. The standard InChI is InChI=1S/C13H18BrN/c1-3-8-15-9-4-5-12-7-6-11(2)10-13(12)14/h4-7,10,15H,3,8-9H2,1-2H3/b5-4+. The van der Waals surface area contributed by atoms with Gasteiger partial charge in [0.05, 0.1) is 0 Å². The third kappa shape index (κ3) is 4.63. The Bertz CT molecular complexity index is 331. The molecule has 0 saturated carbocycles. The minimum atomic E-state index is 0.939. The minimum Gasteiger partial charge on any atom is -0.313 e. The topological polar surface area (TPSA) is 12.0 Å². The van der Waals surface area contributed by atoms with E-state index in [1.165, 1.54) is 17.5 Å². The summed E-state index contributed by atoms with van der Waals surface area (Å²) in [6.45, 7) is 6.29. The van der Waals surface area contributed by atoms with Crippen LogP contribution in [-0.2, 0) is 0 Å². The fraction of sp³-hybridized carbons (Fsp3) is 0.385. The Labute approximate surface area is 101 Å². The predicted molar refractivity (Wildman–Crippen MR) is 71.1 cm³/mol. The van der Waals surface area contributed by atoms with Crippen molar-refractivity contribution in [1.29, 1.82) is 0 Å². The van der Waals surface area contributed by atoms with Gasteiger partial charge in [0, 0.05) is 11.0 Å². The zero-order valence-corrected chi connectivity index (χ0v) is 11.0. The molecule has 0 amide bonds. The Hall–Kier alpha value is -0.600. The molecule has 1 aromatic carbocycles. The van der Waals surface area contributed by atoms with Gasteiger partial charge in [-0.3, -0.25) is 0 Å². The number of halogens is 1. The van der Waals surface area contributed by atoms with Gasteiger partial charge < -0.3 is 5.32 Å². The Morgan fingerprint density at radius 1 is 1.40 bits per heavy atom. The molecule has 1 rings (SSSR count). The van der Waals surface area contributed by atoms with Crippen molar-refractivity contribution >= 4 is 22.0 Å². The summed E-state index contributed by atoms with van der Waals surface area (Å²) in [6, 6.07) is 6.40. The molecule has 0 aliphatic rings. The molecule has 0 radical (unpaired) electrons. The first-order valence-corrected chi connectivity index (χ1v) is 6.16. The summed E-state index contributed by atoms with van der Waals surface area (Å²) < 4.78 is 1.16. The average Bonchev–Trinajstić information content (AvgIpc) is 2.20. The van der Waals surface area contributed by atoms with Crippen LogP contribution < -0.4 is 5.32 Å². The molecule has 2 heteroatoms. The Kier molecular flexibility index (Phi) is 5.66. The average molecular weight is 268 g/mol. The second-order valence-electron chi connectivity index (χ2n) is 3.63. The highest BCUT2D eigenvalue weighted by molar-refractivity contribution is 9.10. The number of benzene rings is 1. The second kappa shape index (κ2) is 6.81. The predicted octanol–water partition coefficient (Wildman–Crippen LogP) is 3.77. The van der Waals surface area contributed by atoms with Crippen molar-refractivity contribution < 1.29 is 0 Å². The van der Waals surface area contributed by atoms with E-state index in [9.17, 15) is 0 Å². The first-order chi connectivity index (χ1) is 7.24. The van der Waals surface area contributed by atoms with Crippen LogP contribution in [0.4, 0.5) is 0 Å².